The maximum absolute atomic E-state index is 12.6. The van der Waals surface area contributed by atoms with Crippen molar-refractivity contribution < 1.29 is 80.7 Å². The van der Waals surface area contributed by atoms with E-state index < -0.39 is 97.6 Å². The number of phosphoric ester groups is 3. The van der Waals surface area contributed by atoms with Crippen LogP contribution in [0, 0.1) is 5.92 Å². The lowest BCUT2D eigenvalue weighted by molar-refractivity contribution is -0.131. The third-order valence-electron chi connectivity index (χ3n) is 7.80. The molecule has 11 unspecified atom stereocenters. The number of aliphatic hydroxyl groups excluding tert-OH is 3. The summed E-state index contributed by atoms with van der Waals surface area (Å²) in [6.45, 7) is -1.43. The molecule has 3 fully saturated rings. The van der Waals surface area contributed by atoms with Crippen LogP contribution in [-0.4, -0.2) is 134 Å². The molecule has 0 saturated carbocycles. The monoisotopic (exact) mass is 749 g/mol. The second-order valence-electron chi connectivity index (χ2n) is 11.1. The third-order valence-corrected chi connectivity index (χ3v) is 10.9. The predicted octanol–water partition coefficient (Wildman–Crippen LogP) is -2.96. The fourth-order valence-corrected chi connectivity index (χ4v) is 8.20. The molecule has 5 heterocycles. The van der Waals surface area contributed by atoms with Crippen LogP contribution in [0.15, 0.2) is 12.7 Å². The van der Waals surface area contributed by atoms with Crippen LogP contribution in [0.3, 0.4) is 0 Å². The molecule has 24 nitrogen and oxygen atoms in total. The molecule has 2 aromatic rings. The fourth-order valence-electron chi connectivity index (χ4n) is 5.56. The summed E-state index contributed by atoms with van der Waals surface area (Å²) >= 11 is 0. The molecule has 11 N–H and O–H groups in total. The Bertz CT molecular complexity index is 1630. The van der Waals surface area contributed by atoms with E-state index in [1.807, 2.05) is 0 Å². The summed E-state index contributed by atoms with van der Waals surface area (Å²) in [4.78, 5) is 63.9. The van der Waals surface area contributed by atoms with Crippen LogP contribution in [0.1, 0.15) is 19.1 Å². The van der Waals surface area contributed by atoms with Gasteiger partial charge in [-0.1, -0.05) is 0 Å². The number of anilines is 1. The Morgan fingerprint density at radius 3 is 2.19 bits per heavy atom. The average Bonchev–Trinajstić information content (AvgIpc) is 3.64. The van der Waals surface area contributed by atoms with Gasteiger partial charge in [0.1, 0.15) is 54.7 Å². The molecule has 2 aromatic heterocycles. The smallest absolute Gasteiger partial charge is 0.387 e. The zero-order chi connectivity index (χ0) is 35.2. The number of primary amides is 1. The van der Waals surface area contributed by atoms with Crippen LogP contribution in [0.25, 0.3) is 11.2 Å². The number of nitrogens with zero attached hydrogens (tertiary/aromatic N) is 5. The lowest BCUT2D eigenvalue weighted by Gasteiger charge is -2.36. The molecule has 0 spiro atoms. The molecule has 270 valence electrons. The highest BCUT2D eigenvalue weighted by atomic mass is 31.3. The topological polar surface area (TPSA) is 364 Å². The maximum Gasteiger partial charge on any atom is 0.481 e. The molecule has 27 heteroatoms. The van der Waals surface area contributed by atoms with Crippen LogP contribution >= 0.6 is 23.5 Å². The van der Waals surface area contributed by atoms with Crippen molar-refractivity contribution >= 4 is 46.4 Å². The molecule has 3 aliphatic heterocycles. The van der Waals surface area contributed by atoms with E-state index in [0.29, 0.717) is 19.4 Å². The molecule has 11 atom stereocenters. The summed E-state index contributed by atoms with van der Waals surface area (Å²) in [5.41, 5.74) is 11.2. The van der Waals surface area contributed by atoms with Gasteiger partial charge in [-0.05, 0) is 12.8 Å². The number of piperidine rings is 1. The van der Waals surface area contributed by atoms with Gasteiger partial charge in [-0.2, -0.15) is 4.31 Å². The summed E-state index contributed by atoms with van der Waals surface area (Å²) in [6, 6.07) is 0. The number of hydrogen-bond donors (Lipinski definition) is 9. The minimum absolute atomic E-state index is 0.0103. The summed E-state index contributed by atoms with van der Waals surface area (Å²) in [7, 11) is -16.2. The van der Waals surface area contributed by atoms with Gasteiger partial charge in [0.05, 0.1) is 25.5 Å². The Balaban J connectivity index is 1.19. The lowest BCUT2D eigenvalue weighted by Crippen LogP contribution is -2.50. The Morgan fingerprint density at radius 1 is 0.938 bits per heavy atom. The van der Waals surface area contributed by atoms with Crippen LogP contribution in [0.2, 0.25) is 0 Å². The Kier molecular flexibility index (Phi) is 11.1. The van der Waals surface area contributed by atoms with Gasteiger partial charge >= 0.3 is 23.5 Å². The molecule has 3 aliphatic rings. The lowest BCUT2D eigenvalue weighted by atomic mass is 9.96. The molecule has 3 saturated heterocycles. The number of nitrogen functional groups attached to an aromatic ring is 1. The first-order chi connectivity index (χ1) is 22.4. The van der Waals surface area contributed by atoms with Crippen molar-refractivity contribution in [2.45, 2.75) is 61.9 Å². The van der Waals surface area contributed by atoms with E-state index in [2.05, 4.69) is 19.3 Å². The highest BCUT2D eigenvalue weighted by Gasteiger charge is 2.51. The summed E-state index contributed by atoms with van der Waals surface area (Å²) in [5.74, 6) is -1.11. The van der Waals surface area contributed by atoms with Gasteiger partial charge in [0.25, 0.3) is 0 Å². The summed E-state index contributed by atoms with van der Waals surface area (Å²) < 4.78 is 67.4. The first-order valence-electron chi connectivity index (χ1n) is 14.1. The van der Waals surface area contributed by atoms with E-state index in [-0.39, 0.29) is 23.5 Å². The number of carbonyl (C=O) groups is 1. The van der Waals surface area contributed by atoms with Gasteiger partial charge in [-0.25, -0.2) is 28.6 Å². The van der Waals surface area contributed by atoms with Crippen molar-refractivity contribution in [1.29, 1.82) is 0 Å². The number of aliphatic hydroxyl groups is 3. The normalized spacial score (nSPS) is 34.3. The number of amides is 1. The number of imidazole rings is 1. The average molecular weight is 749 g/mol. The minimum atomic E-state index is -5.50. The SMILES string of the molecule is NC(=O)C1CCCN(C2OC(COP(=O)(O)OP(=O)(O)OCC3OC(n4cnc5c(N)ncnc54)C(OP(=O)(O)O)C3O)C(O)C2O)C1. The van der Waals surface area contributed by atoms with Crippen LogP contribution in [0.4, 0.5) is 5.82 Å². The second kappa shape index (κ2) is 14.3. The number of likely N-dealkylation sites (tertiary alicyclic amines) is 1. The molecule has 0 aliphatic carbocycles. The molecule has 0 radical (unpaired) electrons. The zero-order valence-corrected chi connectivity index (χ0v) is 27.2. The number of ether oxygens (including phenoxy) is 2. The molecule has 1 amide bonds. The molecule has 5 rings (SSSR count). The Morgan fingerprint density at radius 2 is 1.56 bits per heavy atom. The summed E-state index contributed by atoms with van der Waals surface area (Å²) in [6.07, 6.45) is -9.42. The highest BCUT2D eigenvalue weighted by Crippen LogP contribution is 2.61. The van der Waals surface area contributed by atoms with Crippen LogP contribution in [0.5, 0.6) is 0 Å². The van der Waals surface area contributed by atoms with E-state index in [4.69, 9.17) is 34.5 Å². The van der Waals surface area contributed by atoms with E-state index in [1.165, 1.54) is 0 Å². The molecular formula is C21H34N7O17P3. The third kappa shape index (κ3) is 8.45. The van der Waals surface area contributed by atoms with Gasteiger partial charge in [0.15, 0.2) is 17.7 Å². The molecule has 0 aromatic carbocycles. The van der Waals surface area contributed by atoms with E-state index in [1.54, 1.807) is 4.90 Å². The van der Waals surface area contributed by atoms with E-state index in [0.717, 1.165) is 17.2 Å². The number of phosphoric acid groups is 3. The van der Waals surface area contributed by atoms with Gasteiger partial charge < -0.3 is 55.8 Å². The number of aromatic nitrogens is 4. The van der Waals surface area contributed by atoms with Gasteiger partial charge in [-0.3, -0.25) is 27.8 Å². The van der Waals surface area contributed by atoms with Gasteiger partial charge in [-0.15, -0.1) is 0 Å². The van der Waals surface area contributed by atoms with Crippen LogP contribution < -0.4 is 11.5 Å². The van der Waals surface area contributed by atoms with Crippen molar-refractivity contribution in [3.63, 3.8) is 0 Å². The Hall–Kier alpha value is -2.05. The minimum Gasteiger partial charge on any atom is -0.387 e. The molecular weight excluding hydrogens is 715 g/mol. The van der Waals surface area contributed by atoms with E-state index in [9.17, 15) is 53.4 Å². The maximum atomic E-state index is 12.6. The number of rotatable bonds is 13. The van der Waals surface area contributed by atoms with Crippen molar-refractivity contribution in [3.05, 3.63) is 12.7 Å². The number of carbonyl (C=O) groups excluding carboxylic acids is 1. The fraction of sp³-hybridized carbons (Fsp3) is 0.714. The molecule has 0 bridgehead atoms. The van der Waals surface area contributed by atoms with Crippen molar-refractivity contribution in [2.75, 3.05) is 32.0 Å². The number of hydrogen-bond acceptors (Lipinski definition) is 18. The van der Waals surface area contributed by atoms with Crippen molar-refractivity contribution in [2.24, 2.45) is 11.7 Å². The number of nitrogens with two attached hydrogens (primary N) is 2. The first-order valence-corrected chi connectivity index (χ1v) is 18.6. The zero-order valence-electron chi connectivity index (χ0n) is 24.5. The largest absolute Gasteiger partial charge is 0.481 e. The molecule has 48 heavy (non-hydrogen) atoms. The number of fused-ring (bicyclic) bond motifs is 1. The summed E-state index contributed by atoms with van der Waals surface area (Å²) in [5, 5.41) is 31.7. The standard InChI is InChI=1S/C21H34N7O17P3/c22-17-12-19(25-7-24-17)28(8-26-12)21-16(44-46(33,34)35)14(30)11(43-21)6-41-48(38,39)45-47(36,37)40-5-10-13(29)15(31)20(42-10)27-3-1-2-9(4-27)18(23)32/h7-11,13-16,20-21,29-31H,1-6H2,(H2,23,32)(H,36,37)(H,38,39)(H2,22,24,25)(H2,33,34,35). The predicted molar refractivity (Wildman–Crippen MR) is 153 cm³/mol. The van der Waals surface area contributed by atoms with Crippen molar-refractivity contribution in [3.8, 4) is 0 Å². The quantitative estimate of drug-likeness (QED) is 0.0923. The van der Waals surface area contributed by atoms with Crippen molar-refractivity contribution in [1.82, 2.24) is 24.4 Å². The highest BCUT2D eigenvalue weighted by molar-refractivity contribution is 7.61. The van der Waals surface area contributed by atoms with Crippen LogP contribution in [-0.2, 0) is 45.8 Å². The van der Waals surface area contributed by atoms with Gasteiger partial charge in [0.2, 0.25) is 5.91 Å². The first kappa shape index (κ1) is 37.2. The van der Waals surface area contributed by atoms with E-state index >= 15 is 0 Å². The van der Waals surface area contributed by atoms with Gasteiger partial charge in [0, 0.05) is 13.1 Å². The second-order valence-corrected chi connectivity index (χ2v) is 15.3. The Labute approximate surface area is 270 Å².